The molecule has 5 nitrogen and oxygen atoms in total. The Balaban J connectivity index is 1.86. The highest BCUT2D eigenvalue weighted by atomic mass is 32.2. The third-order valence-electron chi connectivity index (χ3n) is 5.67. The van der Waals surface area contributed by atoms with Gasteiger partial charge in [0.05, 0.1) is 0 Å². The van der Waals surface area contributed by atoms with Crippen LogP contribution in [0.5, 0.6) is 0 Å². The molecule has 35 heavy (non-hydrogen) atoms. The molecule has 0 saturated carbocycles. The number of Topliss-reactive ketones (excluding diaryl/α,β-unsaturated/α-hetero) is 1. The average Bonchev–Trinajstić information content (AvgIpc) is 2.85. The maximum absolute atomic E-state index is 13.4. The molecule has 3 aromatic rings. The number of rotatable bonds is 10. The Morgan fingerprint density at radius 3 is 2.06 bits per heavy atom. The Kier molecular flexibility index (Phi) is 9.26. The minimum absolute atomic E-state index is 0.309. The molecule has 0 unspecified atom stereocenters. The number of esters is 1. The molecule has 0 heterocycles. The van der Waals surface area contributed by atoms with Crippen molar-refractivity contribution in [1.29, 1.82) is 0 Å². The van der Waals surface area contributed by atoms with Crippen LogP contribution in [0.2, 0.25) is 0 Å². The average molecular weight is 490 g/mol. The molecule has 0 radical (unpaired) electrons. The number of ether oxygens (including phenoxy) is 1. The van der Waals surface area contributed by atoms with E-state index < -0.39 is 18.1 Å². The van der Waals surface area contributed by atoms with E-state index in [4.69, 9.17) is 4.74 Å². The monoisotopic (exact) mass is 489 g/mol. The molecular formula is C29H31NO4S. The van der Waals surface area contributed by atoms with Crippen LogP contribution in [0.1, 0.15) is 55.5 Å². The Bertz CT molecular complexity index is 1170. The van der Waals surface area contributed by atoms with Gasteiger partial charge in [0.15, 0.2) is 6.10 Å². The van der Waals surface area contributed by atoms with Crippen molar-refractivity contribution in [1.82, 2.24) is 5.32 Å². The van der Waals surface area contributed by atoms with E-state index in [-0.39, 0.29) is 11.7 Å². The first-order chi connectivity index (χ1) is 16.8. The van der Waals surface area contributed by atoms with Crippen molar-refractivity contribution in [3.63, 3.8) is 0 Å². The molecule has 2 atom stereocenters. The van der Waals surface area contributed by atoms with Gasteiger partial charge >= 0.3 is 5.97 Å². The summed E-state index contributed by atoms with van der Waals surface area (Å²) < 4.78 is 5.83. The van der Waals surface area contributed by atoms with Crippen molar-refractivity contribution < 1.29 is 19.1 Å². The highest BCUT2D eigenvalue weighted by molar-refractivity contribution is 7.98. The SMILES string of the molecule is CSCC[C@H](NC(=O)c1cccc(C)c1)C(=O)O[C@H](C(=O)c1ccc(C)cc1)c1ccc(C)cc1. The maximum atomic E-state index is 13.4. The summed E-state index contributed by atoms with van der Waals surface area (Å²) >= 11 is 1.57. The molecule has 0 saturated heterocycles. The van der Waals surface area contributed by atoms with E-state index in [0.717, 1.165) is 16.7 Å². The van der Waals surface area contributed by atoms with Crippen molar-refractivity contribution >= 4 is 29.4 Å². The summed E-state index contributed by atoms with van der Waals surface area (Å²) in [5.41, 5.74) is 4.52. The standard InChI is InChI=1S/C29H31NO4S/c1-19-8-12-22(13-9-19)26(31)27(23-14-10-20(2)11-15-23)34-29(33)25(16-17-35-4)30-28(32)24-7-5-6-21(3)18-24/h5-15,18,25,27H,16-17H2,1-4H3,(H,30,32)/t25-,27-/m0/s1. The molecule has 0 bridgehead atoms. The second-order valence-corrected chi connectivity index (χ2v) is 9.62. The number of benzene rings is 3. The second kappa shape index (κ2) is 12.4. The van der Waals surface area contributed by atoms with Crippen LogP contribution in [0.3, 0.4) is 0 Å². The molecule has 3 aromatic carbocycles. The van der Waals surface area contributed by atoms with Crippen molar-refractivity contribution in [3.05, 3.63) is 106 Å². The summed E-state index contributed by atoms with van der Waals surface area (Å²) in [5.74, 6) is -0.648. The molecule has 0 fully saturated rings. The molecule has 3 rings (SSSR count). The molecule has 1 amide bonds. The van der Waals surface area contributed by atoms with Gasteiger partial charge in [-0.05, 0) is 51.3 Å². The Morgan fingerprint density at radius 1 is 0.829 bits per heavy atom. The van der Waals surface area contributed by atoms with Crippen LogP contribution in [-0.2, 0) is 9.53 Å². The third kappa shape index (κ3) is 7.30. The summed E-state index contributed by atoms with van der Waals surface area (Å²) in [6.07, 6.45) is 1.20. The quantitative estimate of drug-likeness (QED) is 0.295. The van der Waals surface area contributed by atoms with Gasteiger partial charge < -0.3 is 10.1 Å². The van der Waals surface area contributed by atoms with Crippen LogP contribution in [0.25, 0.3) is 0 Å². The summed E-state index contributed by atoms with van der Waals surface area (Å²) in [7, 11) is 0. The number of carbonyl (C=O) groups excluding carboxylic acids is 3. The summed E-state index contributed by atoms with van der Waals surface area (Å²) in [4.78, 5) is 39.6. The van der Waals surface area contributed by atoms with Gasteiger partial charge in [-0.25, -0.2) is 4.79 Å². The van der Waals surface area contributed by atoms with E-state index >= 15 is 0 Å². The minimum Gasteiger partial charge on any atom is -0.447 e. The first kappa shape index (κ1) is 26.2. The third-order valence-corrected chi connectivity index (χ3v) is 6.31. The lowest BCUT2D eigenvalue weighted by molar-refractivity contribution is -0.149. The van der Waals surface area contributed by atoms with E-state index in [0.29, 0.717) is 28.9 Å². The predicted molar refractivity (Wildman–Crippen MR) is 141 cm³/mol. The number of hydrogen-bond acceptors (Lipinski definition) is 5. The molecule has 0 spiro atoms. The lowest BCUT2D eigenvalue weighted by atomic mass is 9.98. The summed E-state index contributed by atoms with van der Waals surface area (Å²) in [5, 5.41) is 2.81. The first-order valence-corrected chi connectivity index (χ1v) is 12.9. The van der Waals surface area contributed by atoms with Gasteiger partial charge in [0.1, 0.15) is 6.04 Å². The van der Waals surface area contributed by atoms with Crippen LogP contribution in [0, 0.1) is 20.8 Å². The Labute approximate surface area is 211 Å². The zero-order chi connectivity index (χ0) is 25.4. The second-order valence-electron chi connectivity index (χ2n) is 8.63. The van der Waals surface area contributed by atoms with Crippen LogP contribution in [-0.4, -0.2) is 35.7 Å². The van der Waals surface area contributed by atoms with Gasteiger partial charge in [-0.2, -0.15) is 11.8 Å². The van der Waals surface area contributed by atoms with E-state index in [1.54, 1.807) is 54.2 Å². The minimum atomic E-state index is -1.11. The van der Waals surface area contributed by atoms with Crippen LogP contribution >= 0.6 is 11.8 Å². The number of thioether (sulfide) groups is 1. The van der Waals surface area contributed by atoms with E-state index in [9.17, 15) is 14.4 Å². The number of carbonyl (C=O) groups is 3. The molecular weight excluding hydrogens is 458 g/mol. The number of ketones is 1. The van der Waals surface area contributed by atoms with Crippen molar-refractivity contribution in [2.24, 2.45) is 0 Å². The maximum Gasteiger partial charge on any atom is 0.329 e. The summed E-state index contributed by atoms with van der Waals surface area (Å²) in [6, 6.07) is 20.8. The molecule has 0 aromatic heterocycles. The Morgan fingerprint density at radius 2 is 1.46 bits per heavy atom. The number of nitrogens with one attached hydrogen (secondary N) is 1. The smallest absolute Gasteiger partial charge is 0.329 e. The first-order valence-electron chi connectivity index (χ1n) is 11.5. The molecule has 0 aliphatic rings. The van der Waals surface area contributed by atoms with E-state index in [1.165, 1.54) is 0 Å². The fourth-order valence-corrected chi connectivity index (χ4v) is 4.07. The largest absolute Gasteiger partial charge is 0.447 e. The summed E-state index contributed by atoms with van der Waals surface area (Å²) in [6.45, 7) is 5.80. The predicted octanol–water partition coefficient (Wildman–Crippen LogP) is 5.63. The van der Waals surface area contributed by atoms with Crippen LogP contribution in [0.15, 0.2) is 72.8 Å². The fourth-order valence-electron chi connectivity index (χ4n) is 3.59. The lowest BCUT2D eigenvalue weighted by Gasteiger charge is -2.22. The Hall–Kier alpha value is -3.38. The van der Waals surface area contributed by atoms with E-state index in [2.05, 4.69) is 5.32 Å². The topological polar surface area (TPSA) is 72.5 Å². The van der Waals surface area contributed by atoms with Gasteiger partial charge in [-0.15, -0.1) is 0 Å². The van der Waals surface area contributed by atoms with Gasteiger partial charge in [-0.3, -0.25) is 9.59 Å². The highest BCUT2D eigenvalue weighted by Gasteiger charge is 2.30. The molecule has 6 heteroatoms. The highest BCUT2D eigenvalue weighted by Crippen LogP contribution is 2.25. The number of amides is 1. The van der Waals surface area contributed by atoms with E-state index in [1.807, 2.05) is 57.4 Å². The fraction of sp³-hybridized carbons (Fsp3) is 0.276. The van der Waals surface area contributed by atoms with Crippen LogP contribution < -0.4 is 5.32 Å². The molecule has 0 aliphatic heterocycles. The molecule has 0 aliphatic carbocycles. The van der Waals surface area contributed by atoms with Gasteiger partial charge in [0.25, 0.3) is 5.91 Å². The molecule has 1 N–H and O–H groups in total. The zero-order valence-electron chi connectivity index (χ0n) is 20.5. The van der Waals surface area contributed by atoms with Gasteiger partial charge in [0.2, 0.25) is 5.78 Å². The molecule has 182 valence electrons. The normalized spacial score (nSPS) is 12.5. The zero-order valence-corrected chi connectivity index (χ0v) is 21.4. The van der Waals surface area contributed by atoms with Crippen molar-refractivity contribution in [3.8, 4) is 0 Å². The van der Waals surface area contributed by atoms with Gasteiger partial charge in [-0.1, -0.05) is 77.4 Å². The number of aryl methyl sites for hydroxylation is 3. The van der Waals surface area contributed by atoms with Crippen molar-refractivity contribution in [2.75, 3.05) is 12.0 Å². The van der Waals surface area contributed by atoms with Crippen molar-refractivity contribution in [2.45, 2.75) is 39.3 Å². The lowest BCUT2D eigenvalue weighted by Crippen LogP contribution is -2.43. The van der Waals surface area contributed by atoms with Crippen LogP contribution in [0.4, 0.5) is 0 Å². The number of hydrogen-bond donors (Lipinski definition) is 1. The van der Waals surface area contributed by atoms with Gasteiger partial charge in [0, 0.05) is 16.7 Å².